The molecule has 0 fully saturated rings. The molecule has 1 atom stereocenters. The third kappa shape index (κ3) is 3.69. The Morgan fingerprint density at radius 3 is 2.56 bits per heavy atom. The summed E-state index contributed by atoms with van der Waals surface area (Å²) in [5.41, 5.74) is 5.83. The Morgan fingerprint density at radius 2 is 2.12 bits per heavy atom. The summed E-state index contributed by atoms with van der Waals surface area (Å²) in [5.74, 6) is 0.0985. The first-order valence-electron chi connectivity index (χ1n) is 4.79. The molecule has 0 aliphatic carbocycles. The number of aromatic nitrogens is 1. The van der Waals surface area contributed by atoms with E-state index in [0.717, 1.165) is 5.69 Å². The van der Waals surface area contributed by atoms with Crippen molar-refractivity contribution < 1.29 is 17.9 Å². The minimum Gasteiger partial charge on any atom is -0.479 e. The van der Waals surface area contributed by atoms with Gasteiger partial charge in [0.25, 0.3) is 0 Å². The van der Waals surface area contributed by atoms with Gasteiger partial charge >= 0.3 is 6.18 Å². The number of nitrogens with zero attached hydrogens (tertiary/aromatic N) is 1. The van der Waals surface area contributed by atoms with Crippen LogP contribution in [0.5, 0.6) is 5.75 Å². The molecule has 16 heavy (non-hydrogen) atoms. The first-order chi connectivity index (χ1) is 7.43. The van der Waals surface area contributed by atoms with Crippen LogP contribution in [0, 0.1) is 6.92 Å². The second-order valence-electron chi connectivity index (χ2n) is 3.36. The fraction of sp³-hybridized carbons (Fsp3) is 0.500. The summed E-state index contributed by atoms with van der Waals surface area (Å²) in [6.07, 6.45) is -5.28. The number of hydrogen-bond acceptors (Lipinski definition) is 3. The molecule has 1 unspecified atom stereocenters. The van der Waals surface area contributed by atoms with Gasteiger partial charge in [0.2, 0.25) is 0 Å². The van der Waals surface area contributed by atoms with E-state index in [9.17, 15) is 13.2 Å². The van der Waals surface area contributed by atoms with Gasteiger partial charge in [-0.3, -0.25) is 4.98 Å². The highest BCUT2D eigenvalue weighted by Crippen LogP contribution is 2.26. The van der Waals surface area contributed by atoms with Crippen LogP contribution < -0.4 is 10.5 Å². The summed E-state index contributed by atoms with van der Waals surface area (Å²) >= 11 is 0. The van der Waals surface area contributed by atoms with Crippen molar-refractivity contribution in [1.29, 1.82) is 0 Å². The molecule has 0 aromatic carbocycles. The number of rotatable bonds is 4. The molecule has 0 saturated heterocycles. The smallest absolute Gasteiger partial charge is 0.425 e. The van der Waals surface area contributed by atoms with Gasteiger partial charge in [0.1, 0.15) is 5.75 Å². The molecule has 1 aromatic heterocycles. The maximum Gasteiger partial charge on any atom is 0.425 e. The summed E-state index contributed by atoms with van der Waals surface area (Å²) in [5, 5.41) is 0. The van der Waals surface area contributed by atoms with E-state index in [2.05, 4.69) is 4.98 Å². The molecular weight excluding hydrogens is 221 g/mol. The van der Waals surface area contributed by atoms with Crippen LogP contribution in [0.4, 0.5) is 13.2 Å². The molecule has 0 saturated carbocycles. The monoisotopic (exact) mass is 234 g/mol. The third-order valence-corrected chi connectivity index (χ3v) is 1.96. The highest BCUT2D eigenvalue weighted by molar-refractivity contribution is 5.19. The molecule has 2 N–H and O–H groups in total. The van der Waals surface area contributed by atoms with Crippen molar-refractivity contribution in [2.24, 2.45) is 5.73 Å². The number of pyridine rings is 1. The van der Waals surface area contributed by atoms with Crippen molar-refractivity contribution in [1.82, 2.24) is 4.98 Å². The summed E-state index contributed by atoms with van der Waals surface area (Å²) in [6.45, 7) is 1.66. The number of hydrogen-bond donors (Lipinski definition) is 1. The number of aryl methyl sites for hydroxylation is 1. The minimum atomic E-state index is -4.41. The van der Waals surface area contributed by atoms with Crippen LogP contribution in [0.1, 0.15) is 12.1 Å². The molecule has 1 heterocycles. The lowest BCUT2D eigenvalue weighted by atomic mass is 10.2. The van der Waals surface area contributed by atoms with Crippen LogP contribution in [0.3, 0.4) is 0 Å². The van der Waals surface area contributed by atoms with Crippen molar-refractivity contribution in [3.05, 3.63) is 24.0 Å². The average Bonchev–Trinajstić information content (AvgIpc) is 2.19. The van der Waals surface area contributed by atoms with Gasteiger partial charge in [-0.25, -0.2) is 0 Å². The second kappa shape index (κ2) is 5.16. The number of alkyl halides is 3. The summed E-state index contributed by atoms with van der Waals surface area (Å²) in [7, 11) is 0. The molecule has 0 spiro atoms. The molecule has 6 heteroatoms. The molecule has 0 radical (unpaired) electrons. The minimum absolute atomic E-state index is 0.0799. The van der Waals surface area contributed by atoms with Gasteiger partial charge < -0.3 is 10.5 Å². The van der Waals surface area contributed by atoms with Crippen LogP contribution in [0.2, 0.25) is 0 Å². The lowest BCUT2D eigenvalue weighted by Crippen LogP contribution is -2.36. The van der Waals surface area contributed by atoms with E-state index < -0.39 is 12.3 Å². The van der Waals surface area contributed by atoms with Crippen LogP contribution in [-0.4, -0.2) is 23.8 Å². The zero-order valence-corrected chi connectivity index (χ0v) is 8.79. The lowest BCUT2D eigenvalue weighted by Gasteiger charge is -2.20. The SMILES string of the molecule is Cc1ccc(OC(CCN)C(F)(F)F)cn1. The maximum atomic E-state index is 12.5. The van der Waals surface area contributed by atoms with E-state index in [1.165, 1.54) is 12.3 Å². The van der Waals surface area contributed by atoms with Crippen molar-refractivity contribution >= 4 is 0 Å². The molecule has 1 rings (SSSR count). The van der Waals surface area contributed by atoms with Gasteiger partial charge in [-0.1, -0.05) is 0 Å². The van der Waals surface area contributed by atoms with E-state index in [0.29, 0.717) is 0 Å². The maximum absolute atomic E-state index is 12.5. The zero-order valence-electron chi connectivity index (χ0n) is 8.79. The Bertz CT molecular complexity index is 324. The van der Waals surface area contributed by atoms with E-state index in [-0.39, 0.29) is 18.7 Å². The Kier molecular flexibility index (Phi) is 4.12. The zero-order chi connectivity index (χ0) is 12.2. The molecule has 90 valence electrons. The normalized spacial score (nSPS) is 13.6. The van der Waals surface area contributed by atoms with Crippen molar-refractivity contribution in [2.75, 3.05) is 6.54 Å². The molecular formula is C10H13F3N2O. The highest BCUT2D eigenvalue weighted by Gasteiger charge is 2.41. The van der Waals surface area contributed by atoms with Gasteiger partial charge in [-0.05, 0) is 25.6 Å². The first-order valence-corrected chi connectivity index (χ1v) is 4.79. The van der Waals surface area contributed by atoms with Gasteiger partial charge in [0, 0.05) is 12.1 Å². The van der Waals surface area contributed by atoms with Crippen molar-refractivity contribution in [2.45, 2.75) is 25.6 Å². The number of halogens is 3. The van der Waals surface area contributed by atoms with Crippen LogP contribution >= 0.6 is 0 Å². The van der Waals surface area contributed by atoms with E-state index >= 15 is 0 Å². The fourth-order valence-corrected chi connectivity index (χ4v) is 1.13. The van der Waals surface area contributed by atoms with Crippen molar-refractivity contribution in [3.8, 4) is 5.75 Å². The number of nitrogens with two attached hydrogens (primary N) is 1. The highest BCUT2D eigenvalue weighted by atomic mass is 19.4. The van der Waals surface area contributed by atoms with Crippen LogP contribution in [0.25, 0.3) is 0 Å². The summed E-state index contributed by atoms with van der Waals surface area (Å²) in [6, 6.07) is 3.04. The lowest BCUT2D eigenvalue weighted by molar-refractivity contribution is -0.196. The third-order valence-electron chi connectivity index (χ3n) is 1.96. The van der Waals surface area contributed by atoms with Crippen LogP contribution in [0.15, 0.2) is 18.3 Å². The Balaban J connectivity index is 2.72. The molecule has 0 aliphatic rings. The summed E-state index contributed by atoms with van der Waals surface area (Å²) in [4.78, 5) is 3.85. The Morgan fingerprint density at radius 1 is 1.44 bits per heavy atom. The number of ether oxygens (including phenoxy) is 1. The van der Waals surface area contributed by atoms with E-state index in [1.54, 1.807) is 13.0 Å². The predicted octanol–water partition coefficient (Wildman–Crippen LogP) is 2.05. The quantitative estimate of drug-likeness (QED) is 0.867. The topological polar surface area (TPSA) is 48.1 Å². The van der Waals surface area contributed by atoms with E-state index in [4.69, 9.17) is 10.5 Å². The average molecular weight is 234 g/mol. The molecule has 3 nitrogen and oxygen atoms in total. The Labute approximate surface area is 91.4 Å². The van der Waals surface area contributed by atoms with Crippen LogP contribution in [-0.2, 0) is 0 Å². The van der Waals surface area contributed by atoms with Gasteiger partial charge in [-0.2, -0.15) is 13.2 Å². The predicted molar refractivity (Wildman–Crippen MR) is 53.1 cm³/mol. The van der Waals surface area contributed by atoms with Gasteiger partial charge in [0.15, 0.2) is 6.10 Å². The first kappa shape index (κ1) is 12.8. The van der Waals surface area contributed by atoms with Gasteiger partial charge in [-0.15, -0.1) is 0 Å². The molecule has 0 bridgehead atoms. The fourth-order valence-electron chi connectivity index (χ4n) is 1.13. The van der Waals surface area contributed by atoms with Crippen molar-refractivity contribution in [3.63, 3.8) is 0 Å². The Hall–Kier alpha value is -1.30. The largest absolute Gasteiger partial charge is 0.479 e. The molecule has 0 amide bonds. The van der Waals surface area contributed by atoms with Gasteiger partial charge in [0.05, 0.1) is 6.20 Å². The standard InChI is InChI=1S/C10H13F3N2O/c1-7-2-3-8(6-15-7)16-9(4-5-14)10(11,12)13/h2-3,6,9H,4-5,14H2,1H3. The van der Waals surface area contributed by atoms with E-state index in [1.807, 2.05) is 0 Å². The summed E-state index contributed by atoms with van der Waals surface area (Å²) < 4.78 is 42.2. The molecule has 0 aliphatic heterocycles. The molecule has 1 aromatic rings. The second-order valence-corrected chi connectivity index (χ2v) is 3.36.